The lowest BCUT2D eigenvalue weighted by Crippen LogP contribution is -2.49. The van der Waals surface area contributed by atoms with Gasteiger partial charge in [0.2, 0.25) is 5.91 Å². The van der Waals surface area contributed by atoms with Gasteiger partial charge in [-0.05, 0) is 27.7 Å². The molecule has 7 heteroatoms. The van der Waals surface area contributed by atoms with Crippen LogP contribution < -0.4 is 5.32 Å². The van der Waals surface area contributed by atoms with Gasteiger partial charge in [0.1, 0.15) is 11.6 Å². The van der Waals surface area contributed by atoms with Crippen molar-refractivity contribution in [3.05, 3.63) is 0 Å². The fraction of sp³-hybridized carbons (Fsp3) is 0.867. The molecule has 128 valence electrons. The van der Waals surface area contributed by atoms with Gasteiger partial charge >= 0.3 is 6.09 Å². The van der Waals surface area contributed by atoms with Crippen molar-refractivity contribution in [2.45, 2.75) is 39.3 Å². The summed E-state index contributed by atoms with van der Waals surface area (Å²) >= 11 is 0. The molecule has 0 aromatic rings. The normalized spacial score (nSPS) is 17.7. The second-order valence-electron chi connectivity index (χ2n) is 6.51. The number of likely N-dealkylation sites (N-methyl/N-ethyl adjacent to an activating group) is 1. The maximum Gasteiger partial charge on any atom is 0.410 e. The van der Waals surface area contributed by atoms with Gasteiger partial charge in [-0.3, -0.25) is 14.6 Å². The van der Waals surface area contributed by atoms with Crippen LogP contribution in [0.1, 0.15) is 27.7 Å². The zero-order valence-corrected chi connectivity index (χ0v) is 14.3. The molecule has 1 saturated heterocycles. The van der Waals surface area contributed by atoms with E-state index in [1.807, 2.05) is 0 Å². The van der Waals surface area contributed by atoms with Crippen LogP contribution in [0.3, 0.4) is 0 Å². The van der Waals surface area contributed by atoms with Crippen LogP contribution in [0.4, 0.5) is 4.79 Å². The highest BCUT2D eigenvalue weighted by Gasteiger charge is 2.26. The highest BCUT2D eigenvalue weighted by molar-refractivity contribution is 5.85. The lowest BCUT2D eigenvalue weighted by Gasteiger charge is -2.29. The molecule has 1 unspecified atom stereocenters. The first-order valence-corrected chi connectivity index (χ1v) is 7.74. The van der Waals surface area contributed by atoms with Crippen molar-refractivity contribution in [1.29, 1.82) is 0 Å². The zero-order chi connectivity index (χ0) is 16.8. The number of ether oxygens (including phenoxy) is 2. The summed E-state index contributed by atoms with van der Waals surface area (Å²) in [6.07, 6.45) is -0.497. The van der Waals surface area contributed by atoms with Crippen LogP contribution in [-0.4, -0.2) is 79.9 Å². The van der Waals surface area contributed by atoms with Crippen molar-refractivity contribution in [2.75, 3.05) is 46.4 Å². The number of carbonyl (C=O) groups excluding carboxylic acids is 2. The van der Waals surface area contributed by atoms with Crippen LogP contribution in [0.5, 0.6) is 0 Å². The van der Waals surface area contributed by atoms with E-state index >= 15 is 0 Å². The van der Waals surface area contributed by atoms with Crippen molar-refractivity contribution in [2.24, 2.45) is 0 Å². The molecule has 1 aliphatic heterocycles. The van der Waals surface area contributed by atoms with E-state index in [-0.39, 0.29) is 5.91 Å². The molecule has 0 aromatic heterocycles. The minimum atomic E-state index is -0.572. The third-order valence-corrected chi connectivity index (χ3v) is 3.47. The fourth-order valence-corrected chi connectivity index (χ4v) is 1.98. The average Bonchev–Trinajstić information content (AvgIpc) is 2.44. The van der Waals surface area contributed by atoms with E-state index in [0.29, 0.717) is 6.54 Å². The number of nitrogens with one attached hydrogen (secondary N) is 1. The fourth-order valence-electron chi connectivity index (χ4n) is 1.98. The summed E-state index contributed by atoms with van der Waals surface area (Å²) < 4.78 is 10.5. The number of nitrogens with zero attached hydrogens (tertiary/aromatic N) is 2. The zero-order valence-electron chi connectivity index (χ0n) is 14.3. The Morgan fingerprint density at radius 1 is 1.32 bits per heavy atom. The Hall–Kier alpha value is -1.34. The van der Waals surface area contributed by atoms with Crippen molar-refractivity contribution in [3.8, 4) is 0 Å². The van der Waals surface area contributed by atoms with Crippen LogP contribution in [0, 0.1) is 0 Å². The first-order valence-electron chi connectivity index (χ1n) is 7.74. The predicted molar refractivity (Wildman–Crippen MR) is 83.7 cm³/mol. The summed E-state index contributed by atoms with van der Waals surface area (Å²) in [5, 5.41) is 2.86. The molecule has 7 nitrogen and oxygen atoms in total. The van der Waals surface area contributed by atoms with Crippen molar-refractivity contribution in [1.82, 2.24) is 15.1 Å². The van der Waals surface area contributed by atoms with E-state index < -0.39 is 17.7 Å². The van der Waals surface area contributed by atoms with Gasteiger partial charge in [0.05, 0.1) is 13.2 Å². The molecule has 1 N–H and O–H groups in total. The lowest BCUT2D eigenvalue weighted by molar-refractivity contribution is -0.125. The molecule has 0 bridgehead atoms. The Labute approximate surface area is 132 Å². The molecule has 0 radical (unpaired) electrons. The van der Waals surface area contributed by atoms with E-state index in [0.717, 1.165) is 32.8 Å². The molecule has 0 saturated carbocycles. The minimum absolute atomic E-state index is 0.179. The van der Waals surface area contributed by atoms with Gasteiger partial charge in [0.15, 0.2) is 0 Å². The van der Waals surface area contributed by atoms with E-state index in [9.17, 15) is 9.59 Å². The van der Waals surface area contributed by atoms with E-state index in [4.69, 9.17) is 9.47 Å². The van der Waals surface area contributed by atoms with Gasteiger partial charge in [-0.15, -0.1) is 0 Å². The first-order chi connectivity index (χ1) is 10.2. The topological polar surface area (TPSA) is 71.1 Å². The van der Waals surface area contributed by atoms with Gasteiger partial charge < -0.3 is 14.8 Å². The first kappa shape index (κ1) is 18.7. The number of amides is 2. The van der Waals surface area contributed by atoms with E-state index in [1.54, 1.807) is 34.7 Å². The third kappa shape index (κ3) is 6.62. The second-order valence-corrected chi connectivity index (χ2v) is 6.51. The molecule has 1 heterocycles. The molecule has 0 aliphatic carbocycles. The van der Waals surface area contributed by atoms with Gasteiger partial charge in [0, 0.05) is 33.2 Å². The Morgan fingerprint density at radius 3 is 2.45 bits per heavy atom. The van der Waals surface area contributed by atoms with Crippen LogP contribution in [0.15, 0.2) is 0 Å². The maximum atomic E-state index is 12.1. The molecule has 1 fully saturated rings. The minimum Gasteiger partial charge on any atom is -0.444 e. The van der Waals surface area contributed by atoms with E-state index in [1.165, 1.54) is 4.90 Å². The standard InChI is InChI=1S/C15H29N3O4/c1-12(17(5)14(20)22-15(2,3)4)13(19)16-6-7-18-8-10-21-11-9-18/h12H,6-11H2,1-5H3,(H,16,19). The van der Waals surface area contributed by atoms with Crippen molar-refractivity contribution >= 4 is 12.0 Å². The van der Waals surface area contributed by atoms with Crippen LogP contribution in [0.2, 0.25) is 0 Å². The summed E-state index contributed by atoms with van der Waals surface area (Å²) in [6, 6.07) is -0.570. The average molecular weight is 315 g/mol. The Bertz CT molecular complexity index is 375. The maximum absolute atomic E-state index is 12.1. The van der Waals surface area contributed by atoms with Crippen LogP contribution in [-0.2, 0) is 14.3 Å². The predicted octanol–water partition coefficient (Wildman–Crippen LogP) is 0.690. The number of rotatable bonds is 5. The highest BCUT2D eigenvalue weighted by Crippen LogP contribution is 2.10. The smallest absolute Gasteiger partial charge is 0.410 e. The van der Waals surface area contributed by atoms with Crippen LogP contribution >= 0.6 is 0 Å². The molecule has 0 aromatic carbocycles. The van der Waals surface area contributed by atoms with Gasteiger partial charge in [-0.25, -0.2) is 4.79 Å². The van der Waals surface area contributed by atoms with Gasteiger partial charge in [-0.2, -0.15) is 0 Å². The molecule has 2 amide bonds. The molecule has 1 rings (SSSR count). The largest absolute Gasteiger partial charge is 0.444 e. The van der Waals surface area contributed by atoms with Gasteiger partial charge in [-0.1, -0.05) is 0 Å². The molecular formula is C15H29N3O4. The van der Waals surface area contributed by atoms with Gasteiger partial charge in [0.25, 0.3) is 0 Å². The summed E-state index contributed by atoms with van der Waals surface area (Å²) in [4.78, 5) is 27.6. The third-order valence-electron chi connectivity index (χ3n) is 3.47. The van der Waals surface area contributed by atoms with Crippen LogP contribution in [0.25, 0.3) is 0 Å². The summed E-state index contributed by atoms with van der Waals surface area (Å²) in [5.74, 6) is -0.179. The molecule has 1 atom stereocenters. The molecule has 0 spiro atoms. The SMILES string of the molecule is CC(C(=O)NCCN1CCOCC1)N(C)C(=O)OC(C)(C)C. The molecule has 1 aliphatic rings. The summed E-state index contributed by atoms with van der Waals surface area (Å²) in [6.45, 7) is 11.7. The Balaban J connectivity index is 2.32. The summed E-state index contributed by atoms with van der Waals surface area (Å²) in [7, 11) is 1.57. The second kappa shape index (κ2) is 8.33. The Kier molecular flexibility index (Phi) is 7.09. The van der Waals surface area contributed by atoms with Crippen molar-refractivity contribution in [3.63, 3.8) is 0 Å². The Morgan fingerprint density at radius 2 is 1.91 bits per heavy atom. The number of morpholine rings is 1. The number of hydrogen-bond donors (Lipinski definition) is 1. The highest BCUT2D eigenvalue weighted by atomic mass is 16.6. The number of hydrogen-bond acceptors (Lipinski definition) is 5. The number of carbonyl (C=O) groups is 2. The monoisotopic (exact) mass is 315 g/mol. The quantitative estimate of drug-likeness (QED) is 0.808. The molecular weight excluding hydrogens is 286 g/mol. The van der Waals surface area contributed by atoms with Crippen molar-refractivity contribution < 1.29 is 19.1 Å². The van der Waals surface area contributed by atoms with E-state index in [2.05, 4.69) is 10.2 Å². The lowest BCUT2D eigenvalue weighted by atomic mass is 10.2. The molecule has 22 heavy (non-hydrogen) atoms. The summed E-state index contributed by atoms with van der Waals surface area (Å²) in [5.41, 5.74) is -0.572.